The Hall–Kier alpha value is 1.61. The average molecular weight is 588 g/mol. The van der Waals surface area contributed by atoms with Gasteiger partial charge in [0.05, 0.1) is 6.61 Å². The molecule has 124 valence electrons. The number of benzene rings is 1. The molecule has 1 aliphatic rings. The number of aliphatic hydroxyl groups is 3. The fourth-order valence-electron chi connectivity index (χ4n) is 1.92. The van der Waals surface area contributed by atoms with Gasteiger partial charge in [0, 0.05) is 16.6 Å². The maximum Gasteiger partial charge on any atom is 0.136 e. The number of rotatable bonds is 6. The Morgan fingerprint density at radius 1 is 1.09 bits per heavy atom. The van der Waals surface area contributed by atoms with Crippen molar-refractivity contribution in [2.75, 3.05) is 6.61 Å². The van der Waals surface area contributed by atoms with Crippen LogP contribution in [0.25, 0.3) is 0 Å². The van der Waals surface area contributed by atoms with Gasteiger partial charge in [0.2, 0.25) is 0 Å². The molecule has 1 saturated heterocycles. The number of thioether (sulfide) groups is 1. The van der Waals surface area contributed by atoms with Crippen molar-refractivity contribution >= 4 is 69.9 Å². The van der Waals surface area contributed by atoms with E-state index in [4.69, 9.17) is 8.92 Å². The summed E-state index contributed by atoms with van der Waals surface area (Å²) in [6.07, 6.45) is -4.25. The van der Waals surface area contributed by atoms with E-state index in [0.717, 1.165) is 4.90 Å². The first kappa shape index (κ1) is 19.9. The molecule has 1 aromatic carbocycles. The third-order valence-electron chi connectivity index (χ3n) is 3.01. The lowest BCUT2D eigenvalue weighted by molar-refractivity contribution is -0.203. The lowest BCUT2D eigenvalue weighted by atomic mass is 10.0. The lowest BCUT2D eigenvalue weighted by Gasteiger charge is -2.40. The van der Waals surface area contributed by atoms with E-state index in [1.54, 1.807) is 0 Å². The SMILES string of the molecule is OC1C(COSP(I)I)OC(Sc2ccccc2)C(O)C1O. The molecule has 5 nitrogen and oxygen atoms in total. The van der Waals surface area contributed by atoms with Crippen LogP contribution >= 0.6 is 69.9 Å². The van der Waals surface area contributed by atoms with Crippen molar-refractivity contribution in [2.45, 2.75) is 34.7 Å². The zero-order valence-electron chi connectivity index (χ0n) is 11.2. The van der Waals surface area contributed by atoms with Crippen LogP contribution in [0.4, 0.5) is 0 Å². The summed E-state index contributed by atoms with van der Waals surface area (Å²) in [5.74, 6) is 0. The Kier molecular flexibility index (Phi) is 8.99. The van der Waals surface area contributed by atoms with Gasteiger partial charge in [-0.25, -0.2) is 0 Å². The Balaban J connectivity index is 1.97. The minimum Gasteiger partial charge on any atom is -0.387 e. The zero-order chi connectivity index (χ0) is 16.1. The molecular weight excluding hydrogens is 573 g/mol. The first-order valence-electron chi connectivity index (χ1n) is 6.31. The second-order valence-electron chi connectivity index (χ2n) is 4.51. The summed E-state index contributed by atoms with van der Waals surface area (Å²) in [6, 6.07) is 9.49. The summed E-state index contributed by atoms with van der Waals surface area (Å²) in [5.41, 5.74) is -0.653. The molecule has 10 heteroatoms. The molecule has 5 atom stereocenters. The van der Waals surface area contributed by atoms with Crippen LogP contribution < -0.4 is 0 Å². The van der Waals surface area contributed by atoms with Gasteiger partial charge in [0.1, 0.15) is 32.3 Å². The molecule has 0 aliphatic carbocycles. The van der Waals surface area contributed by atoms with Crippen molar-refractivity contribution in [1.29, 1.82) is 0 Å². The van der Waals surface area contributed by atoms with E-state index in [9.17, 15) is 15.3 Å². The highest BCUT2D eigenvalue weighted by molar-refractivity contribution is 14.3. The lowest BCUT2D eigenvalue weighted by Crippen LogP contribution is -2.57. The molecule has 22 heavy (non-hydrogen) atoms. The van der Waals surface area contributed by atoms with Crippen LogP contribution in [0.5, 0.6) is 0 Å². The first-order valence-corrected chi connectivity index (χ1v) is 15.5. The molecule has 3 N–H and O–H groups in total. The Bertz CT molecular complexity index is 458. The third-order valence-corrected chi connectivity index (χ3v) is 8.07. The van der Waals surface area contributed by atoms with Gasteiger partial charge in [-0.2, -0.15) is 0 Å². The van der Waals surface area contributed by atoms with E-state index in [1.807, 2.05) is 30.3 Å². The molecule has 2 rings (SSSR count). The van der Waals surface area contributed by atoms with Crippen molar-refractivity contribution in [3.8, 4) is 0 Å². The predicted molar refractivity (Wildman–Crippen MR) is 107 cm³/mol. The van der Waals surface area contributed by atoms with Crippen molar-refractivity contribution in [3.05, 3.63) is 30.3 Å². The molecule has 5 unspecified atom stereocenters. The van der Waals surface area contributed by atoms with Gasteiger partial charge in [0.15, 0.2) is 0 Å². The van der Waals surface area contributed by atoms with Crippen LogP contribution in [0.2, 0.25) is 0 Å². The van der Waals surface area contributed by atoms with E-state index >= 15 is 0 Å². The van der Waals surface area contributed by atoms with Gasteiger partial charge in [-0.05, 0) is 56.2 Å². The highest BCUT2D eigenvalue weighted by Gasteiger charge is 2.44. The summed E-state index contributed by atoms with van der Waals surface area (Å²) >= 11 is 7.17. The normalized spacial score (nSPS) is 32.4. The summed E-state index contributed by atoms with van der Waals surface area (Å²) in [5, 5.41) is 30.1. The number of hydrogen-bond donors (Lipinski definition) is 3. The van der Waals surface area contributed by atoms with E-state index < -0.39 is 29.9 Å². The van der Waals surface area contributed by atoms with Gasteiger partial charge in [0.25, 0.3) is 0 Å². The van der Waals surface area contributed by atoms with E-state index in [0.29, 0.717) is 0 Å². The second kappa shape index (κ2) is 9.93. The Labute approximate surface area is 164 Å². The van der Waals surface area contributed by atoms with Crippen LogP contribution in [0.3, 0.4) is 0 Å². The molecule has 1 aromatic rings. The molecule has 1 aliphatic heterocycles. The standard InChI is InChI=1S/C12H15I2O5PS2/c13-20(14)22-18-6-8-9(15)10(16)11(17)12(19-8)21-7-4-2-1-3-5-7/h1-5,8-12,15-17H,6H2. The van der Waals surface area contributed by atoms with Crippen molar-refractivity contribution < 1.29 is 24.2 Å². The van der Waals surface area contributed by atoms with Crippen LogP contribution in [-0.4, -0.2) is 51.8 Å². The highest BCUT2D eigenvalue weighted by atomic mass is 127. The summed E-state index contributed by atoms with van der Waals surface area (Å²) in [7, 11) is 0. The molecule has 0 bridgehead atoms. The van der Waals surface area contributed by atoms with Gasteiger partial charge in [-0.15, -0.1) is 0 Å². The largest absolute Gasteiger partial charge is 0.387 e. The summed E-state index contributed by atoms with van der Waals surface area (Å²) in [6.45, 7) is 0.159. The van der Waals surface area contributed by atoms with Gasteiger partial charge in [-0.3, -0.25) is 0 Å². The molecule has 1 heterocycles. The molecule has 0 amide bonds. The fourth-order valence-corrected chi connectivity index (χ4v) is 5.75. The quantitative estimate of drug-likeness (QED) is 0.268. The molecule has 1 fully saturated rings. The second-order valence-corrected chi connectivity index (χ2v) is 23.3. The van der Waals surface area contributed by atoms with E-state index in [1.165, 1.54) is 23.4 Å². The van der Waals surface area contributed by atoms with Crippen LogP contribution in [0.15, 0.2) is 35.2 Å². The highest BCUT2D eigenvalue weighted by Crippen LogP contribution is 2.65. The van der Waals surface area contributed by atoms with Gasteiger partial charge >= 0.3 is 0 Å². The Morgan fingerprint density at radius 2 is 1.77 bits per heavy atom. The van der Waals surface area contributed by atoms with Crippen LogP contribution in [0.1, 0.15) is 0 Å². The van der Waals surface area contributed by atoms with Crippen molar-refractivity contribution in [2.24, 2.45) is 0 Å². The number of hydrogen-bond acceptors (Lipinski definition) is 7. The molecule has 0 saturated carbocycles. The van der Waals surface area contributed by atoms with E-state index in [-0.39, 0.29) is 9.02 Å². The van der Waals surface area contributed by atoms with E-state index in [2.05, 4.69) is 44.1 Å². The topological polar surface area (TPSA) is 79.2 Å². The minimum atomic E-state index is -1.26. The van der Waals surface area contributed by atoms with Crippen molar-refractivity contribution in [1.82, 2.24) is 0 Å². The third kappa shape index (κ3) is 5.85. The molecule has 0 aromatic heterocycles. The monoisotopic (exact) mass is 588 g/mol. The number of aliphatic hydroxyl groups excluding tert-OH is 3. The zero-order valence-corrected chi connectivity index (χ0v) is 18.0. The minimum absolute atomic E-state index is 0.159. The molecular formula is C12H15I2O5PS2. The maximum atomic E-state index is 10.1. The van der Waals surface area contributed by atoms with Gasteiger partial charge in [-0.1, -0.05) is 30.0 Å². The fraction of sp³-hybridized carbons (Fsp3) is 0.500. The van der Waals surface area contributed by atoms with Crippen LogP contribution in [-0.2, 0) is 8.92 Å². The molecule has 0 radical (unpaired) electrons. The molecule has 0 spiro atoms. The Morgan fingerprint density at radius 3 is 2.41 bits per heavy atom. The smallest absolute Gasteiger partial charge is 0.136 e. The van der Waals surface area contributed by atoms with Gasteiger partial charge < -0.3 is 24.2 Å². The first-order chi connectivity index (χ1) is 10.5. The van der Waals surface area contributed by atoms with Crippen molar-refractivity contribution in [3.63, 3.8) is 0 Å². The number of ether oxygens (including phenoxy) is 1. The summed E-state index contributed by atoms with van der Waals surface area (Å²) in [4.78, 5) is 0.923. The summed E-state index contributed by atoms with van der Waals surface area (Å²) < 4.78 is 10.8. The predicted octanol–water partition coefficient (Wildman–Crippen LogP) is 3.35. The number of halogens is 2. The maximum absolute atomic E-state index is 10.1. The van der Waals surface area contributed by atoms with Crippen LogP contribution in [0, 0.1) is 0 Å². The average Bonchev–Trinajstić information content (AvgIpc) is 2.50.